The van der Waals surface area contributed by atoms with Crippen LogP contribution in [0.2, 0.25) is 0 Å². The third-order valence-electron chi connectivity index (χ3n) is 10.2. The molecule has 0 heterocycles. The number of benzene rings is 2. The van der Waals surface area contributed by atoms with E-state index in [4.69, 9.17) is 0 Å². The first-order valence-corrected chi connectivity index (χ1v) is 21.9. The summed E-state index contributed by atoms with van der Waals surface area (Å²) in [5.74, 6) is 3.11. The molecule has 0 fully saturated rings. The molecule has 0 radical (unpaired) electrons. The van der Waals surface area contributed by atoms with Gasteiger partial charge < -0.3 is 5.53 Å². The Morgan fingerprint density at radius 2 is 0.981 bits per heavy atom. The number of nitrogens with zero attached hydrogens (tertiary/aromatic N) is 2. The maximum absolute atomic E-state index is 9.93. The molecule has 0 aliphatic heterocycles. The molecule has 52 heavy (non-hydrogen) atoms. The molecule has 0 unspecified atom stereocenters. The van der Waals surface area contributed by atoms with E-state index < -0.39 is 0 Å². The Kier molecular flexibility index (Phi) is 25.3. The van der Waals surface area contributed by atoms with Crippen LogP contribution < -0.4 is 0 Å². The Labute approximate surface area is 321 Å². The lowest BCUT2D eigenvalue weighted by atomic mass is 9.83. The second kappa shape index (κ2) is 29.3. The van der Waals surface area contributed by atoms with Gasteiger partial charge in [-0.25, -0.2) is 0 Å². The lowest BCUT2D eigenvalue weighted by molar-refractivity contribution is 0.00739. The van der Waals surface area contributed by atoms with Crippen LogP contribution in [0.25, 0.3) is 23.3 Å². The van der Waals surface area contributed by atoms with Crippen molar-refractivity contribution in [1.29, 1.82) is 0 Å². The highest BCUT2D eigenvalue weighted by molar-refractivity contribution is 5.88. The van der Waals surface area contributed by atoms with Crippen LogP contribution in [0.5, 0.6) is 0 Å². The molecule has 0 aromatic heterocycles. The van der Waals surface area contributed by atoms with E-state index >= 15 is 0 Å². The average molecular weight is 705 g/mol. The molecule has 2 aromatic rings. The van der Waals surface area contributed by atoms with Crippen LogP contribution in [-0.4, -0.2) is 10.7 Å². The van der Waals surface area contributed by atoms with Crippen molar-refractivity contribution >= 4 is 23.6 Å². The van der Waals surface area contributed by atoms with Gasteiger partial charge in [-0.05, 0) is 140 Å². The molecule has 0 bridgehead atoms. The number of rotatable bonds is 29. The predicted octanol–water partition coefficient (Wildman–Crippen LogP) is 16.1. The summed E-state index contributed by atoms with van der Waals surface area (Å²) >= 11 is 0. The first-order valence-electron chi connectivity index (χ1n) is 21.9. The van der Waals surface area contributed by atoms with Crippen molar-refractivity contribution in [2.45, 2.75) is 196 Å². The summed E-state index contributed by atoms with van der Waals surface area (Å²) in [7, 11) is 0. The number of aryl methyl sites for hydroxylation is 2. The van der Waals surface area contributed by atoms with Gasteiger partial charge in [0.1, 0.15) is 0 Å². The summed E-state index contributed by atoms with van der Waals surface area (Å²) in [6.45, 7) is 13.7. The second-order valence-corrected chi connectivity index (χ2v) is 15.1. The summed E-state index contributed by atoms with van der Waals surface area (Å²) in [5.41, 5.74) is 21.6. The Balaban J connectivity index is 2.89. The number of allylic oxidation sites excluding steroid dienone is 4. The minimum Gasteiger partial charge on any atom is -0.348 e. The smallest absolute Gasteiger partial charge is 0.303 e. The van der Waals surface area contributed by atoms with Crippen LogP contribution in [0.3, 0.4) is 0 Å². The summed E-state index contributed by atoms with van der Waals surface area (Å²) in [5, 5.41) is 0. The minimum atomic E-state index is 0.865. The van der Waals surface area contributed by atoms with Crippen molar-refractivity contribution < 1.29 is 4.79 Å². The third kappa shape index (κ3) is 18.0. The lowest BCUT2D eigenvalue weighted by Crippen LogP contribution is -2.03. The van der Waals surface area contributed by atoms with Crippen LogP contribution >= 0.6 is 0 Å². The zero-order valence-corrected chi connectivity index (χ0v) is 34.6. The third-order valence-corrected chi connectivity index (χ3v) is 10.2. The molecule has 0 N–H and O–H groups in total. The van der Waals surface area contributed by atoms with E-state index in [9.17, 15) is 5.53 Å². The Bertz CT molecular complexity index is 1370. The largest absolute Gasteiger partial charge is 0.348 e. The molecular formula is C50H76N2. The molecule has 0 amide bonds. The predicted molar refractivity (Wildman–Crippen MR) is 232 cm³/mol. The van der Waals surface area contributed by atoms with Gasteiger partial charge in [0.15, 0.2) is 0 Å². The van der Waals surface area contributed by atoms with E-state index in [2.05, 4.69) is 113 Å². The summed E-state index contributed by atoms with van der Waals surface area (Å²) < 4.78 is 0. The van der Waals surface area contributed by atoms with Gasteiger partial charge in [0.2, 0.25) is 0 Å². The molecule has 2 nitrogen and oxygen atoms in total. The van der Waals surface area contributed by atoms with Crippen molar-refractivity contribution in [2.24, 2.45) is 0 Å². The highest BCUT2D eigenvalue weighted by atomic mass is 14.8. The highest BCUT2D eigenvalue weighted by Gasteiger charge is 2.20. The molecule has 0 spiro atoms. The van der Waals surface area contributed by atoms with Crippen LogP contribution in [0.4, 0.5) is 0 Å². The van der Waals surface area contributed by atoms with Gasteiger partial charge in [0, 0.05) is 0 Å². The van der Waals surface area contributed by atoms with Gasteiger partial charge in [-0.3, -0.25) is 0 Å². The molecule has 0 saturated heterocycles. The van der Waals surface area contributed by atoms with E-state index in [0.717, 1.165) is 69.8 Å². The summed E-state index contributed by atoms with van der Waals surface area (Å²) in [6.07, 6.45) is 37.9. The molecule has 2 rings (SSSR count). The molecule has 2 heteroatoms. The van der Waals surface area contributed by atoms with Crippen molar-refractivity contribution in [3.05, 3.63) is 98.6 Å². The van der Waals surface area contributed by atoms with Crippen LogP contribution in [0, 0.1) is 0 Å². The van der Waals surface area contributed by atoms with Crippen LogP contribution in [0.15, 0.2) is 59.7 Å². The molecule has 286 valence electrons. The van der Waals surface area contributed by atoms with E-state index in [1.165, 1.54) is 134 Å². The number of unbranched alkanes of at least 4 members (excludes halogenated alkanes) is 14. The topological polar surface area (TPSA) is 36.4 Å². The first-order chi connectivity index (χ1) is 25.5. The van der Waals surface area contributed by atoms with E-state index in [0.29, 0.717) is 0 Å². The second-order valence-electron chi connectivity index (χ2n) is 15.1. The average Bonchev–Trinajstić information content (AvgIpc) is 3.15. The lowest BCUT2D eigenvalue weighted by Gasteiger charge is -2.20. The quantitative estimate of drug-likeness (QED) is 0.0266. The van der Waals surface area contributed by atoms with Gasteiger partial charge in [-0.15, -0.1) is 4.79 Å². The van der Waals surface area contributed by atoms with Gasteiger partial charge >= 0.3 is 5.87 Å². The maximum atomic E-state index is 9.93. The van der Waals surface area contributed by atoms with Crippen molar-refractivity contribution in [1.82, 2.24) is 0 Å². The summed E-state index contributed by atoms with van der Waals surface area (Å²) in [6, 6.07) is 14.6. The van der Waals surface area contributed by atoms with E-state index in [-0.39, 0.29) is 0 Å². The van der Waals surface area contributed by atoms with Crippen LogP contribution in [0.1, 0.15) is 216 Å². The fourth-order valence-corrected chi connectivity index (χ4v) is 7.12. The number of hydrogen-bond donors (Lipinski definition) is 0. The Morgan fingerprint density at radius 3 is 1.46 bits per heavy atom. The normalized spacial score (nSPS) is 12.0. The molecule has 0 atom stereocenters. The zero-order chi connectivity index (χ0) is 37.7. The van der Waals surface area contributed by atoms with Gasteiger partial charge in [0.25, 0.3) is 0 Å². The Morgan fingerprint density at radius 1 is 0.519 bits per heavy atom. The van der Waals surface area contributed by atoms with E-state index in [1.807, 2.05) is 0 Å². The van der Waals surface area contributed by atoms with Crippen LogP contribution in [-0.2, 0) is 12.8 Å². The van der Waals surface area contributed by atoms with Crippen molar-refractivity contribution in [3.63, 3.8) is 0 Å². The standard InChI is InChI=1S/C50H76N2/c1-7-13-19-21-23-25-27-31-44-36-45(32-28-26-24-22-20-14-8-2)40-48(39-44)50(49(34-18-12-6)46(41-52-51)33-17-11-5)47-37-42(29-15-9-3)35-43(38-47)30-16-10-4/h27-28,31-32,35-40H,7-26,29-30,33-34H2,1-6H3. The highest BCUT2D eigenvalue weighted by Crippen LogP contribution is 2.37. The maximum Gasteiger partial charge on any atom is 0.303 e. The Hall–Kier alpha value is -3.18. The summed E-state index contributed by atoms with van der Waals surface area (Å²) in [4.78, 5) is 3.55. The fourth-order valence-electron chi connectivity index (χ4n) is 7.12. The van der Waals surface area contributed by atoms with Crippen molar-refractivity contribution in [3.8, 4) is 0 Å². The van der Waals surface area contributed by atoms with Gasteiger partial charge in [-0.1, -0.05) is 161 Å². The fraction of sp³-hybridized carbons (Fsp3) is 0.600. The number of hydrogen-bond acceptors (Lipinski definition) is 0. The SMILES string of the molecule is CCCCCCCC=Cc1cc(C=CCCCCCCC)cc(C(=C(CCCC)C(=C=[N+]=[N-])CCCC)c2cc(CCCC)cc(CCCC)c2)c1. The molecule has 0 aliphatic carbocycles. The monoisotopic (exact) mass is 705 g/mol. The molecule has 0 aliphatic rings. The van der Waals surface area contributed by atoms with Gasteiger partial charge in [-0.2, -0.15) is 0 Å². The molecule has 0 saturated carbocycles. The van der Waals surface area contributed by atoms with Crippen molar-refractivity contribution in [2.75, 3.05) is 0 Å². The zero-order valence-electron chi connectivity index (χ0n) is 34.6. The molecular weight excluding hydrogens is 629 g/mol. The molecule has 2 aromatic carbocycles. The van der Waals surface area contributed by atoms with Gasteiger partial charge in [0.05, 0.1) is 5.57 Å². The first kappa shape index (κ1) is 45.0. The van der Waals surface area contributed by atoms with E-state index in [1.54, 1.807) is 0 Å². The minimum absolute atomic E-state index is 0.865.